The predicted molar refractivity (Wildman–Crippen MR) is 207 cm³/mol. The maximum atomic E-state index is 14.6. The Balaban J connectivity index is 1.22. The monoisotopic (exact) mass is 788 g/mol. The van der Waals surface area contributed by atoms with Gasteiger partial charge < -0.3 is 40.2 Å². The molecule has 1 saturated heterocycles. The second-order valence-corrected chi connectivity index (χ2v) is 16.0. The van der Waals surface area contributed by atoms with Crippen LogP contribution in [0.1, 0.15) is 83.1 Å². The molecule has 2 aliphatic heterocycles. The van der Waals surface area contributed by atoms with Gasteiger partial charge in [-0.3, -0.25) is 14.4 Å². The number of ether oxygens (including phenoxy) is 3. The van der Waals surface area contributed by atoms with Gasteiger partial charge in [0.15, 0.2) is 5.13 Å². The predicted octanol–water partition coefficient (Wildman–Crippen LogP) is 5.50. The number of aryl methyl sites for hydroxylation is 1. The van der Waals surface area contributed by atoms with Gasteiger partial charge in [-0.1, -0.05) is 25.0 Å². The highest BCUT2D eigenvalue weighted by Crippen LogP contribution is 2.46. The lowest BCUT2D eigenvalue weighted by atomic mass is 10.0. The molecule has 16 heteroatoms. The van der Waals surface area contributed by atoms with Gasteiger partial charge in [0.05, 0.1) is 24.9 Å². The molecule has 56 heavy (non-hydrogen) atoms. The summed E-state index contributed by atoms with van der Waals surface area (Å²) >= 11 is 1.25. The van der Waals surface area contributed by atoms with E-state index in [1.165, 1.54) is 23.2 Å². The molecule has 4 N–H and O–H groups in total. The standard InChI is InChI=1S/C40H48N6O9S/c1-22-32(53-3)16-15-27-33(18-29(42-34(22)27)30-21-56-38(43-30)41-23(2)47)54-26-17-31-35(48)45-40(37(50)51)19-24(40)11-7-5-4-6-8-14-28(36(49)46(31)20-26)44-39(52)55-25-12-9-10-13-25/h7,11,15-16,18,21,24-26,28,31H,4-6,8-10,12-14,17,19-20H2,1-3H3,(H,44,52)(H,45,48)(H,50,51)(H,41,43,47)/b11-7-/t24?,26-,28+,31+,40-/m1/s1. The number of carboxylic acids is 1. The van der Waals surface area contributed by atoms with Crippen LogP contribution in [0.2, 0.25) is 0 Å². The van der Waals surface area contributed by atoms with Crippen molar-refractivity contribution in [3.05, 3.63) is 41.3 Å². The molecule has 5 atom stereocenters. The quantitative estimate of drug-likeness (QED) is 0.210. The van der Waals surface area contributed by atoms with E-state index < -0.39 is 47.6 Å². The molecule has 0 spiro atoms. The van der Waals surface area contributed by atoms with Crippen LogP contribution in [-0.4, -0.2) is 93.2 Å². The minimum absolute atomic E-state index is 0.00611. The van der Waals surface area contributed by atoms with Crippen molar-refractivity contribution < 1.29 is 43.3 Å². The van der Waals surface area contributed by atoms with E-state index in [4.69, 9.17) is 19.2 Å². The molecule has 298 valence electrons. The molecule has 1 aromatic carbocycles. The minimum atomic E-state index is -1.47. The molecular formula is C40H48N6O9S. The largest absolute Gasteiger partial charge is 0.496 e. The van der Waals surface area contributed by atoms with Crippen LogP contribution in [-0.2, 0) is 23.9 Å². The summed E-state index contributed by atoms with van der Waals surface area (Å²) in [6.07, 6.45) is 9.40. The molecule has 4 heterocycles. The van der Waals surface area contributed by atoms with Crippen molar-refractivity contribution in [3.8, 4) is 22.9 Å². The van der Waals surface area contributed by atoms with Gasteiger partial charge in [0.2, 0.25) is 17.7 Å². The molecular weight excluding hydrogens is 741 g/mol. The van der Waals surface area contributed by atoms with Crippen LogP contribution < -0.4 is 25.4 Å². The Morgan fingerprint density at radius 1 is 1.02 bits per heavy atom. The highest BCUT2D eigenvalue weighted by molar-refractivity contribution is 7.14. The average molecular weight is 789 g/mol. The summed E-state index contributed by atoms with van der Waals surface area (Å²) in [7, 11) is 1.57. The van der Waals surface area contributed by atoms with E-state index in [-0.39, 0.29) is 37.3 Å². The fraction of sp³-hybridized carbons (Fsp3) is 0.525. The molecule has 0 radical (unpaired) electrons. The Labute approximate surface area is 328 Å². The maximum absolute atomic E-state index is 14.6. The van der Waals surface area contributed by atoms with E-state index in [0.717, 1.165) is 50.5 Å². The number of carbonyl (C=O) groups is 5. The normalized spacial score (nSPS) is 26.2. The molecule has 7 rings (SSSR count). The van der Waals surface area contributed by atoms with Crippen molar-refractivity contribution >= 4 is 57.2 Å². The Morgan fingerprint density at radius 2 is 1.80 bits per heavy atom. The lowest BCUT2D eigenvalue weighted by Gasteiger charge is -2.29. The summed E-state index contributed by atoms with van der Waals surface area (Å²) in [5.74, 6) is -1.77. The fourth-order valence-electron chi connectivity index (χ4n) is 8.09. The number of aromatic nitrogens is 2. The molecule has 15 nitrogen and oxygen atoms in total. The highest BCUT2D eigenvalue weighted by Gasteiger charge is 2.61. The molecule has 2 aromatic heterocycles. The number of rotatable bonds is 8. The Kier molecular flexibility index (Phi) is 11.5. The zero-order chi connectivity index (χ0) is 39.6. The summed E-state index contributed by atoms with van der Waals surface area (Å²) in [6.45, 7) is 3.28. The third kappa shape index (κ3) is 8.30. The third-order valence-corrected chi connectivity index (χ3v) is 12.0. The Bertz CT molecular complexity index is 2050. The number of hydrogen-bond acceptors (Lipinski definition) is 11. The lowest BCUT2D eigenvalue weighted by molar-refractivity contribution is -0.145. The summed E-state index contributed by atoms with van der Waals surface area (Å²) in [5, 5.41) is 21.4. The van der Waals surface area contributed by atoms with E-state index in [1.54, 1.807) is 18.6 Å². The van der Waals surface area contributed by atoms with Crippen LogP contribution in [0.4, 0.5) is 9.93 Å². The molecule has 2 saturated carbocycles. The molecule has 2 aliphatic carbocycles. The number of amides is 4. The van der Waals surface area contributed by atoms with Gasteiger partial charge in [-0.25, -0.2) is 19.6 Å². The number of allylic oxidation sites excluding steroid dienone is 1. The molecule has 4 aliphatic rings. The maximum Gasteiger partial charge on any atom is 0.408 e. The SMILES string of the molecule is COc1ccc2c(O[C@@H]3C[C@H]4C(=O)N[C@]5(C(=O)O)CC5/C=C\CCCCC[C@H](NC(=O)OC5CCCC5)C(=O)N4C3)cc(-c3csc(NC(C)=O)n3)nc2c1C. The first-order chi connectivity index (χ1) is 26.9. The van der Waals surface area contributed by atoms with Crippen LogP contribution in [0.3, 0.4) is 0 Å². The van der Waals surface area contributed by atoms with Crippen LogP contribution in [0.15, 0.2) is 35.7 Å². The second-order valence-electron chi connectivity index (χ2n) is 15.1. The van der Waals surface area contributed by atoms with Crippen molar-refractivity contribution in [3.63, 3.8) is 0 Å². The van der Waals surface area contributed by atoms with Crippen molar-refractivity contribution in [2.45, 2.75) is 114 Å². The molecule has 4 amide bonds. The third-order valence-electron chi connectivity index (χ3n) is 11.2. The molecule has 3 fully saturated rings. The van der Waals surface area contributed by atoms with E-state index in [0.29, 0.717) is 51.8 Å². The van der Waals surface area contributed by atoms with E-state index in [9.17, 15) is 29.1 Å². The fourth-order valence-corrected chi connectivity index (χ4v) is 8.84. The van der Waals surface area contributed by atoms with Crippen molar-refractivity contribution in [1.82, 2.24) is 25.5 Å². The number of fused-ring (bicyclic) bond motifs is 3. The van der Waals surface area contributed by atoms with Crippen molar-refractivity contribution in [2.24, 2.45) is 5.92 Å². The number of aliphatic carboxylic acids is 1. The topological polar surface area (TPSA) is 198 Å². The van der Waals surface area contributed by atoms with E-state index in [1.807, 2.05) is 31.2 Å². The number of benzene rings is 1. The number of hydrogen-bond donors (Lipinski definition) is 4. The van der Waals surface area contributed by atoms with Gasteiger partial charge in [0, 0.05) is 41.7 Å². The minimum Gasteiger partial charge on any atom is -0.496 e. The first-order valence-corrected chi connectivity index (χ1v) is 20.2. The smallest absolute Gasteiger partial charge is 0.408 e. The summed E-state index contributed by atoms with van der Waals surface area (Å²) < 4.78 is 18.0. The number of carboxylic acid groups (broad SMARTS) is 1. The number of methoxy groups -OCH3 is 1. The van der Waals surface area contributed by atoms with Crippen LogP contribution in [0.5, 0.6) is 11.5 Å². The van der Waals surface area contributed by atoms with Crippen molar-refractivity contribution in [1.29, 1.82) is 0 Å². The molecule has 3 aromatic rings. The number of anilines is 1. The van der Waals surface area contributed by atoms with Crippen LogP contribution in [0, 0.1) is 12.8 Å². The number of carbonyl (C=O) groups excluding carboxylic acids is 4. The first kappa shape index (κ1) is 39.0. The number of alkyl carbamates (subject to hydrolysis) is 1. The average Bonchev–Trinajstić information content (AvgIpc) is 3.59. The van der Waals surface area contributed by atoms with Gasteiger partial charge in [-0.15, -0.1) is 11.3 Å². The van der Waals surface area contributed by atoms with Crippen LogP contribution >= 0.6 is 11.3 Å². The van der Waals surface area contributed by atoms with Gasteiger partial charge >= 0.3 is 12.1 Å². The first-order valence-electron chi connectivity index (χ1n) is 19.3. The molecule has 0 bridgehead atoms. The number of nitrogens with one attached hydrogen (secondary N) is 3. The van der Waals surface area contributed by atoms with Gasteiger partial charge in [-0.2, -0.15) is 0 Å². The lowest BCUT2D eigenvalue weighted by Crippen LogP contribution is -2.56. The number of nitrogens with zero attached hydrogens (tertiary/aromatic N) is 3. The van der Waals surface area contributed by atoms with E-state index >= 15 is 0 Å². The zero-order valence-electron chi connectivity index (χ0n) is 31.8. The Morgan fingerprint density at radius 3 is 2.55 bits per heavy atom. The second kappa shape index (κ2) is 16.5. The van der Waals surface area contributed by atoms with E-state index in [2.05, 4.69) is 20.9 Å². The summed E-state index contributed by atoms with van der Waals surface area (Å²) in [4.78, 5) is 77.1. The van der Waals surface area contributed by atoms with Crippen LogP contribution in [0.25, 0.3) is 22.3 Å². The van der Waals surface area contributed by atoms with Crippen molar-refractivity contribution in [2.75, 3.05) is 19.0 Å². The number of thiazole rings is 1. The van der Waals surface area contributed by atoms with Gasteiger partial charge in [0.1, 0.15) is 47.0 Å². The van der Waals surface area contributed by atoms with Gasteiger partial charge in [-0.05, 0) is 70.4 Å². The summed E-state index contributed by atoms with van der Waals surface area (Å²) in [5.41, 5.74) is 0.856. The molecule has 1 unspecified atom stereocenters. The number of pyridine rings is 1. The summed E-state index contributed by atoms with van der Waals surface area (Å²) in [6, 6.07) is 3.33. The Hall–Kier alpha value is -5.25. The zero-order valence-corrected chi connectivity index (χ0v) is 32.6. The van der Waals surface area contributed by atoms with Gasteiger partial charge in [0.25, 0.3) is 0 Å². The highest BCUT2D eigenvalue weighted by atomic mass is 32.1.